The molecule has 11 heteroatoms. The monoisotopic (exact) mass is 432 g/mol. The lowest BCUT2D eigenvalue weighted by atomic mass is 10.1. The number of hydrogen-bond donors (Lipinski definition) is 1. The molecule has 1 atom stereocenters. The van der Waals surface area contributed by atoms with E-state index in [-0.39, 0.29) is 28.3 Å². The van der Waals surface area contributed by atoms with Gasteiger partial charge < -0.3 is 14.6 Å². The van der Waals surface area contributed by atoms with E-state index in [2.05, 4.69) is 20.3 Å². The van der Waals surface area contributed by atoms with Crippen LogP contribution in [0.3, 0.4) is 0 Å². The lowest BCUT2D eigenvalue weighted by molar-refractivity contribution is -0.123. The van der Waals surface area contributed by atoms with Crippen molar-refractivity contribution in [2.75, 3.05) is 22.9 Å². The van der Waals surface area contributed by atoms with Crippen molar-refractivity contribution in [1.82, 2.24) is 20.3 Å². The molecule has 4 rings (SSSR count). The summed E-state index contributed by atoms with van der Waals surface area (Å²) in [5.74, 6) is -0.316. The van der Waals surface area contributed by atoms with Crippen molar-refractivity contribution in [2.45, 2.75) is 25.7 Å². The molecule has 1 N–H and O–H groups in total. The van der Waals surface area contributed by atoms with Gasteiger partial charge in [0.15, 0.2) is 5.76 Å². The van der Waals surface area contributed by atoms with Crippen molar-refractivity contribution in [1.29, 1.82) is 0 Å². The van der Waals surface area contributed by atoms with Crippen LogP contribution in [0.4, 0.5) is 30.8 Å². The summed E-state index contributed by atoms with van der Waals surface area (Å²) in [6.45, 7) is 2.87. The first-order valence-corrected chi connectivity index (χ1v) is 9.63. The van der Waals surface area contributed by atoms with Crippen molar-refractivity contribution in [3.05, 3.63) is 48.9 Å². The molecule has 2 aromatic heterocycles. The quantitative estimate of drug-likeness (QED) is 0.618. The molecule has 1 saturated heterocycles. The fourth-order valence-electron chi connectivity index (χ4n) is 3.46. The van der Waals surface area contributed by atoms with Crippen LogP contribution in [0.15, 0.2) is 53.3 Å². The second-order valence-corrected chi connectivity index (χ2v) is 6.82. The predicted octanol–water partition coefficient (Wildman–Crippen LogP) is 3.50. The SMILES string of the molecule is CCC1C(=O)NCCN1c1ncc(-c2cccc(N(c3ncccn3)C(F)(F)F)c2)o1. The first-order chi connectivity index (χ1) is 14.9. The number of alkyl halides is 3. The summed E-state index contributed by atoms with van der Waals surface area (Å²) < 4.78 is 47.1. The van der Waals surface area contributed by atoms with Crippen LogP contribution in [0.1, 0.15) is 13.3 Å². The Bertz CT molecular complexity index is 1060. The number of amides is 1. The van der Waals surface area contributed by atoms with Gasteiger partial charge in [-0.15, -0.1) is 13.2 Å². The molecular weight excluding hydrogens is 413 g/mol. The van der Waals surface area contributed by atoms with Gasteiger partial charge in [-0.05, 0) is 24.6 Å². The number of benzene rings is 1. The molecule has 8 nitrogen and oxygen atoms in total. The minimum Gasteiger partial charge on any atom is -0.423 e. The number of oxazole rings is 1. The van der Waals surface area contributed by atoms with Crippen molar-refractivity contribution < 1.29 is 22.4 Å². The van der Waals surface area contributed by atoms with Gasteiger partial charge in [-0.1, -0.05) is 19.1 Å². The number of anilines is 3. The maximum absolute atomic E-state index is 13.8. The Morgan fingerprint density at radius 1 is 1.23 bits per heavy atom. The van der Waals surface area contributed by atoms with E-state index in [0.717, 1.165) is 0 Å². The highest BCUT2D eigenvalue weighted by Gasteiger charge is 2.40. The Hall–Kier alpha value is -3.63. The molecular formula is C20H19F3N6O2. The summed E-state index contributed by atoms with van der Waals surface area (Å²) in [6.07, 6.45) is -0.248. The Kier molecular flexibility index (Phi) is 5.49. The zero-order valence-electron chi connectivity index (χ0n) is 16.5. The summed E-state index contributed by atoms with van der Waals surface area (Å²) >= 11 is 0. The van der Waals surface area contributed by atoms with Gasteiger partial charge in [0.2, 0.25) is 11.9 Å². The number of carbonyl (C=O) groups is 1. The number of aromatic nitrogens is 3. The largest absolute Gasteiger partial charge is 0.491 e. The molecule has 162 valence electrons. The Balaban J connectivity index is 1.67. The molecule has 0 aliphatic carbocycles. The number of carbonyl (C=O) groups excluding carboxylic acids is 1. The standard InChI is InChI=1S/C20H19F3N6O2/c1-2-15-17(30)24-9-10-28(15)19-27-12-16(31-19)13-5-3-6-14(11-13)29(20(21,22)23)18-25-7-4-8-26-18/h3-8,11-12,15H,2,9-10H2,1H3,(H,24,30). The molecule has 1 aliphatic rings. The number of nitrogens with one attached hydrogen (secondary N) is 1. The molecule has 0 spiro atoms. The van der Waals surface area contributed by atoms with E-state index < -0.39 is 18.3 Å². The molecule has 0 saturated carbocycles. The minimum atomic E-state index is -4.73. The maximum Gasteiger partial charge on any atom is 0.491 e. The molecule has 0 bridgehead atoms. The van der Waals surface area contributed by atoms with Gasteiger partial charge in [0.1, 0.15) is 6.04 Å². The van der Waals surface area contributed by atoms with E-state index >= 15 is 0 Å². The summed E-state index contributed by atoms with van der Waals surface area (Å²) in [6, 6.07) is 7.02. The second-order valence-electron chi connectivity index (χ2n) is 6.82. The predicted molar refractivity (Wildman–Crippen MR) is 107 cm³/mol. The number of piperazine rings is 1. The Morgan fingerprint density at radius 3 is 2.71 bits per heavy atom. The number of rotatable bonds is 5. The van der Waals surface area contributed by atoms with Crippen LogP contribution in [0, 0.1) is 0 Å². The molecule has 1 amide bonds. The minimum absolute atomic E-state index is 0.0931. The van der Waals surface area contributed by atoms with Gasteiger partial charge in [-0.2, -0.15) is 0 Å². The van der Waals surface area contributed by atoms with Crippen LogP contribution in [0.5, 0.6) is 0 Å². The van der Waals surface area contributed by atoms with E-state index in [1.807, 2.05) is 6.92 Å². The van der Waals surface area contributed by atoms with Crippen LogP contribution in [0.2, 0.25) is 0 Å². The molecule has 31 heavy (non-hydrogen) atoms. The maximum atomic E-state index is 13.8. The average molecular weight is 432 g/mol. The van der Waals surface area contributed by atoms with Crippen LogP contribution in [-0.2, 0) is 4.79 Å². The van der Waals surface area contributed by atoms with Crippen LogP contribution in [0.25, 0.3) is 11.3 Å². The van der Waals surface area contributed by atoms with E-state index in [1.54, 1.807) is 11.0 Å². The number of nitrogens with zero attached hydrogens (tertiary/aromatic N) is 5. The molecule has 1 unspecified atom stereocenters. The van der Waals surface area contributed by atoms with Crippen molar-refractivity contribution >= 4 is 23.6 Å². The first-order valence-electron chi connectivity index (χ1n) is 9.63. The first kappa shape index (κ1) is 20.6. The third-order valence-corrected chi connectivity index (χ3v) is 4.85. The fourth-order valence-corrected chi connectivity index (χ4v) is 3.46. The molecule has 0 radical (unpaired) electrons. The van der Waals surface area contributed by atoms with E-state index in [1.165, 1.54) is 42.9 Å². The van der Waals surface area contributed by atoms with Crippen molar-refractivity contribution in [3.63, 3.8) is 0 Å². The Labute approximate surface area is 175 Å². The molecule has 1 aliphatic heterocycles. The normalized spacial score (nSPS) is 16.8. The topological polar surface area (TPSA) is 87.4 Å². The van der Waals surface area contributed by atoms with E-state index in [9.17, 15) is 18.0 Å². The highest BCUT2D eigenvalue weighted by molar-refractivity contribution is 5.85. The van der Waals surface area contributed by atoms with Gasteiger partial charge in [0, 0.05) is 31.0 Å². The molecule has 3 aromatic rings. The second kappa shape index (κ2) is 8.25. The van der Waals surface area contributed by atoms with E-state index in [0.29, 0.717) is 25.1 Å². The summed E-state index contributed by atoms with van der Waals surface area (Å²) in [5.41, 5.74) is 0.230. The molecule has 1 aromatic carbocycles. The van der Waals surface area contributed by atoms with Gasteiger partial charge >= 0.3 is 6.30 Å². The highest BCUT2D eigenvalue weighted by Crippen LogP contribution is 2.36. The van der Waals surface area contributed by atoms with Crippen molar-refractivity contribution in [3.8, 4) is 11.3 Å². The zero-order chi connectivity index (χ0) is 22.0. The third-order valence-electron chi connectivity index (χ3n) is 4.85. The number of hydrogen-bond acceptors (Lipinski definition) is 7. The lowest BCUT2D eigenvalue weighted by Gasteiger charge is -2.33. The average Bonchev–Trinajstić information content (AvgIpc) is 3.24. The summed E-state index contributed by atoms with van der Waals surface area (Å²) in [7, 11) is 0. The van der Waals surface area contributed by atoms with Crippen molar-refractivity contribution in [2.24, 2.45) is 0 Å². The Morgan fingerprint density at radius 2 is 2.00 bits per heavy atom. The fraction of sp³-hybridized carbons (Fsp3) is 0.300. The summed E-state index contributed by atoms with van der Waals surface area (Å²) in [5, 5.41) is 2.80. The smallest absolute Gasteiger partial charge is 0.423 e. The zero-order valence-corrected chi connectivity index (χ0v) is 16.5. The van der Waals surface area contributed by atoms with Gasteiger partial charge in [-0.25, -0.2) is 19.9 Å². The van der Waals surface area contributed by atoms with Gasteiger partial charge in [0.05, 0.1) is 11.9 Å². The van der Waals surface area contributed by atoms with Gasteiger partial charge in [-0.3, -0.25) is 4.79 Å². The molecule has 1 fully saturated rings. The number of halogens is 3. The van der Waals surface area contributed by atoms with Crippen LogP contribution < -0.4 is 15.1 Å². The lowest BCUT2D eigenvalue weighted by Crippen LogP contribution is -2.55. The molecule has 3 heterocycles. The highest BCUT2D eigenvalue weighted by atomic mass is 19.4. The summed E-state index contributed by atoms with van der Waals surface area (Å²) in [4.78, 5) is 25.6. The van der Waals surface area contributed by atoms with Crippen LogP contribution >= 0.6 is 0 Å². The van der Waals surface area contributed by atoms with E-state index in [4.69, 9.17) is 4.42 Å². The van der Waals surface area contributed by atoms with Crippen LogP contribution in [-0.4, -0.2) is 46.3 Å². The van der Waals surface area contributed by atoms with Gasteiger partial charge in [0.25, 0.3) is 6.01 Å². The third kappa shape index (κ3) is 4.16.